The van der Waals surface area contributed by atoms with Gasteiger partial charge in [-0.05, 0) is 35.7 Å². The molecule has 0 saturated carbocycles. The van der Waals surface area contributed by atoms with E-state index in [1.54, 1.807) is 13.3 Å². The fourth-order valence-corrected chi connectivity index (χ4v) is 2.64. The maximum absolute atomic E-state index is 5.37. The summed E-state index contributed by atoms with van der Waals surface area (Å²) in [7, 11) is 1.67. The van der Waals surface area contributed by atoms with Crippen molar-refractivity contribution in [1.29, 1.82) is 0 Å². The first-order valence-corrected chi connectivity index (χ1v) is 8.71. The van der Waals surface area contributed by atoms with Crippen LogP contribution >= 0.6 is 0 Å². The van der Waals surface area contributed by atoms with E-state index in [2.05, 4.69) is 58.7 Å². The van der Waals surface area contributed by atoms with Crippen LogP contribution in [0.3, 0.4) is 0 Å². The Kier molecular flexibility index (Phi) is 5.69. The van der Waals surface area contributed by atoms with E-state index in [4.69, 9.17) is 4.74 Å². The molecule has 3 aromatic rings. The number of benzene rings is 2. The summed E-state index contributed by atoms with van der Waals surface area (Å²) in [6, 6.07) is 18.2. The molecule has 2 aromatic carbocycles. The minimum Gasteiger partial charge on any atom is -0.496 e. The summed E-state index contributed by atoms with van der Waals surface area (Å²) < 4.78 is 5.37. The first-order valence-electron chi connectivity index (χ1n) is 8.71. The SMILES string of the molecule is COc1ccccc1CNc1nccc(Nc2ccc(C(C)C)cc2)n1. The van der Waals surface area contributed by atoms with E-state index in [-0.39, 0.29) is 0 Å². The number of aromatic nitrogens is 2. The van der Waals surface area contributed by atoms with Gasteiger partial charge >= 0.3 is 0 Å². The zero-order valence-corrected chi connectivity index (χ0v) is 15.4. The van der Waals surface area contributed by atoms with Gasteiger partial charge in [0, 0.05) is 24.0 Å². The lowest BCUT2D eigenvalue weighted by Crippen LogP contribution is -2.06. The topological polar surface area (TPSA) is 59.1 Å². The quantitative estimate of drug-likeness (QED) is 0.632. The minimum absolute atomic E-state index is 0.522. The van der Waals surface area contributed by atoms with Gasteiger partial charge in [0.25, 0.3) is 0 Å². The molecule has 5 heteroatoms. The lowest BCUT2D eigenvalue weighted by atomic mass is 10.0. The van der Waals surface area contributed by atoms with Crippen LogP contribution in [0, 0.1) is 0 Å². The second-order valence-electron chi connectivity index (χ2n) is 6.33. The molecule has 0 saturated heterocycles. The average Bonchev–Trinajstić information content (AvgIpc) is 2.67. The molecule has 0 atom stereocenters. The standard InChI is InChI=1S/C21H24N4O/c1-15(2)16-8-10-18(11-9-16)24-20-12-13-22-21(25-20)23-14-17-6-4-5-7-19(17)26-3/h4-13,15H,14H2,1-3H3,(H2,22,23,24,25). The number of hydrogen-bond donors (Lipinski definition) is 2. The molecule has 0 aliphatic rings. The van der Waals surface area contributed by atoms with Crippen molar-refractivity contribution in [2.75, 3.05) is 17.7 Å². The normalized spacial score (nSPS) is 10.6. The summed E-state index contributed by atoms with van der Waals surface area (Å²) in [5, 5.41) is 6.56. The Balaban J connectivity index is 1.66. The van der Waals surface area contributed by atoms with Gasteiger partial charge in [0.15, 0.2) is 0 Å². The molecule has 3 rings (SSSR count). The van der Waals surface area contributed by atoms with Crippen LogP contribution in [-0.2, 0) is 6.54 Å². The summed E-state index contributed by atoms with van der Waals surface area (Å²) in [6.07, 6.45) is 1.74. The highest BCUT2D eigenvalue weighted by molar-refractivity contribution is 5.57. The Labute approximate surface area is 154 Å². The lowest BCUT2D eigenvalue weighted by molar-refractivity contribution is 0.410. The van der Waals surface area contributed by atoms with E-state index in [0.29, 0.717) is 18.4 Å². The number of hydrogen-bond acceptors (Lipinski definition) is 5. The maximum atomic E-state index is 5.37. The van der Waals surface area contributed by atoms with Gasteiger partial charge in [-0.25, -0.2) is 4.98 Å². The molecule has 0 aliphatic heterocycles. The van der Waals surface area contributed by atoms with Crippen molar-refractivity contribution in [2.24, 2.45) is 0 Å². The van der Waals surface area contributed by atoms with Crippen molar-refractivity contribution in [3.63, 3.8) is 0 Å². The predicted octanol–water partition coefficient (Wildman–Crippen LogP) is 4.96. The second-order valence-corrected chi connectivity index (χ2v) is 6.33. The van der Waals surface area contributed by atoms with Crippen LogP contribution in [0.4, 0.5) is 17.5 Å². The first kappa shape index (κ1) is 17.7. The fourth-order valence-electron chi connectivity index (χ4n) is 2.64. The second kappa shape index (κ2) is 8.34. The molecule has 0 radical (unpaired) electrons. The number of rotatable bonds is 7. The van der Waals surface area contributed by atoms with Gasteiger partial charge < -0.3 is 15.4 Å². The van der Waals surface area contributed by atoms with Gasteiger partial charge in [-0.3, -0.25) is 0 Å². The molecule has 134 valence electrons. The molecule has 0 bridgehead atoms. The third-order valence-corrected chi connectivity index (χ3v) is 4.13. The molecule has 1 aromatic heterocycles. The zero-order valence-electron chi connectivity index (χ0n) is 15.4. The van der Waals surface area contributed by atoms with Gasteiger partial charge in [-0.2, -0.15) is 4.98 Å². The fraction of sp³-hybridized carbons (Fsp3) is 0.238. The largest absolute Gasteiger partial charge is 0.496 e. The van der Waals surface area contributed by atoms with Gasteiger partial charge in [0.05, 0.1) is 7.11 Å². The van der Waals surface area contributed by atoms with Crippen molar-refractivity contribution < 1.29 is 4.74 Å². The molecule has 2 N–H and O–H groups in total. The van der Waals surface area contributed by atoms with E-state index in [9.17, 15) is 0 Å². The van der Waals surface area contributed by atoms with Crippen LogP contribution in [0.25, 0.3) is 0 Å². The number of nitrogens with one attached hydrogen (secondary N) is 2. The lowest BCUT2D eigenvalue weighted by Gasteiger charge is -2.11. The summed E-state index contributed by atoms with van der Waals surface area (Å²) in [4.78, 5) is 8.81. The summed E-state index contributed by atoms with van der Waals surface area (Å²) in [6.45, 7) is 4.97. The number of anilines is 3. The molecule has 1 heterocycles. The minimum atomic E-state index is 0.522. The van der Waals surface area contributed by atoms with Crippen molar-refractivity contribution in [3.8, 4) is 5.75 Å². The van der Waals surface area contributed by atoms with Gasteiger partial charge in [-0.15, -0.1) is 0 Å². The van der Waals surface area contributed by atoms with Crippen molar-refractivity contribution in [1.82, 2.24) is 9.97 Å². The summed E-state index contributed by atoms with van der Waals surface area (Å²) >= 11 is 0. The zero-order chi connectivity index (χ0) is 18.4. The monoisotopic (exact) mass is 348 g/mol. The highest BCUT2D eigenvalue weighted by Gasteiger charge is 2.04. The molecule has 5 nitrogen and oxygen atoms in total. The summed E-state index contributed by atoms with van der Waals surface area (Å²) in [5.74, 6) is 2.69. The van der Waals surface area contributed by atoms with E-state index >= 15 is 0 Å². The molecular weight excluding hydrogens is 324 g/mol. The Morgan fingerprint density at radius 3 is 2.50 bits per heavy atom. The number of methoxy groups -OCH3 is 1. The number of ether oxygens (including phenoxy) is 1. The van der Waals surface area contributed by atoms with Crippen LogP contribution in [0.15, 0.2) is 60.8 Å². The Morgan fingerprint density at radius 1 is 1.00 bits per heavy atom. The Hall–Kier alpha value is -3.08. The van der Waals surface area contributed by atoms with Crippen molar-refractivity contribution in [2.45, 2.75) is 26.3 Å². The predicted molar refractivity (Wildman–Crippen MR) is 106 cm³/mol. The number of para-hydroxylation sites is 1. The highest BCUT2D eigenvalue weighted by Crippen LogP contribution is 2.21. The first-order chi connectivity index (χ1) is 12.7. The molecule has 0 fully saturated rings. The van der Waals surface area contributed by atoms with Crippen molar-refractivity contribution in [3.05, 3.63) is 71.9 Å². The summed E-state index contributed by atoms with van der Waals surface area (Å²) in [5.41, 5.74) is 3.38. The average molecular weight is 348 g/mol. The van der Waals surface area contributed by atoms with Crippen LogP contribution in [-0.4, -0.2) is 17.1 Å². The van der Waals surface area contributed by atoms with Gasteiger partial charge in [0.1, 0.15) is 11.6 Å². The Bertz CT molecular complexity index is 847. The van der Waals surface area contributed by atoms with E-state index in [1.807, 2.05) is 30.3 Å². The van der Waals surface area contributed by atoms with Crippen LogP contribution in [0.2, 0.25) is 0 Å². The molecule has 0 aliphatic carbocycles. The Morgan fingerprint density at radius 2 is 1.77 bits per heavy atom. The number of nitrogens with zero attached hydrogens (tertiary/aromatic N) is 2. The van der Waals surface area contributed by atoms with Gasteiger partial charge in [-0.1, -0.05) is 44.2 Å². The maximum Gasteiger partial charge on any atom is 0.224 e. The van der Waals surface area contributed by atoms with E-state index in [0.717, 1.165) is 22.8 Å². The molecule has 26 heavy (non-hydrogen) atoms. The van der Waals surface area contributed by atoms with Crippen LogP contribution in [0.5, 0.6) is 5.75 Å². The molecule has 0 spiro atoms. The van der Waals surface area contributed by atoms with Crippen LogP contribution < -0.4 is 15.4 Å². The van der Waals surface area contributed by atoms with E-state index in [1.165, 1.54) is 5.56 Å². The third-order valence-electron chi connectivity index (χ3n) is 4.13. The van der Waals surface area contributed by atoms with Crippen molar-refractivity contribution >= 4 is 17.5 Å². The highest BCUT2D eigenvalue weighted by atomic mass is 16.5. The third kappa shape index (κ3) is 4.51. The molecule has 0 unspecified atom stereocenters. The van der Waals surface area contributed by atoms with Crippen LogP contribution in [0.1, 0.15) is 30.9 Å². The molecular formula is C21H24N4O. The molecule has 0 amide bonds. The van der Waals surface area contributed by atoms with Gasteiger partial charge in [0.2, 0.25) is 5.95 Å². The smallest absolute Gasteiger partial charge is 0.224 e. The van der Waals surface area contributed by atoms with E-state index < -0.39 is 0 Å².